The van der Waals surface area contributed by atoms with Gasteiger partial charge in [-0.3, -0.25) is 5.32 Å². The maximum absolute atomic E-state index is 11.4. The molecule has 0 fully saturated rings. The van der Waals surface area contributed by atoms with Crippen molar-refractivity contribution < 1.29 is 9.53 Å². The van der Waals surface area contributed by atoms with E-state index in [-0.39, 0.29) is 6.10 Å². The van der Waals surface area contributed by atoms with Crippen LogP contribution in [-0.2, 0) is 4.74 Å². The van der Waals surface area contributed by atoms with Gasteiger partial charge in [0.2, 0.25) is 0 Å². The molecule has 0 aliphatic rings. The van der Waals surface area contributed by atoms with E-state index in [4.69, 9.17) is 4.74 Å². The minimum atomic E-state index is -0.480. The highest BCUT2D eigenvalue weighted by Gasteiger charge is 2.13. The van der Waals surface area contributed by atoms with Crippen molar-refractivity contribution >= 4 is 27.8 Å². The summed E-state index contributed by atoms with van der Waals surface area (Å²) >= 11 is 3.22. The fraction of sp³-hybridized carbons (Fsp3) is 0.455. The minimum Gasteiger partial charge on any atom is -0.446 e. The van der Waals surface area contributed by atoms with Gasteiger partial charge in [0.15, 0.2) is 0 Å². The number of nitrogens with one attached hydrogen (secondary N) is 1. The molecule has 1 N–H and O–H groups in total. The topological polar surface area (TPSA) is 51.2 Å². The number of halogens is 1. The summed E-state index contributed by atoms with van der Waals surface area (Å²) in [6.07, 6.45) is -0.598. The lowest BCUT2D eigenvalue weighted by atomic mass is 10.1. The van der Waals surface area contributed by atoms with E-state index in [0.29, 0.717) is 16.3 Å². The zero-order valence-electron chi connectivity index (χ0n) is 9.53. The Morgan fingerprint density at radius 2 is 2.12 bits per heavy atom. The lowest BCUT2D eigenvalue weighted by Gasteiger charge is -2.16. The maximum Gasteiger partial charge on any atom is 0.413 e. The van der Waals surface area contributed by atoms with E-state index in [9.17, 15) is 4.79 Å². The number of hydrogen-bond acceptors (Lipinski definition) is 3. The van der Waals surface area contributed by atoms with Crippen LogP contribution in [-0.4, -0.2) is 17.2 Å². The van der Waals surface area contributed by atoms with Gasteiger partial charge in [0.05, 0.1) is 0 Å². The first-order chi connectivity index (χ1) is 7.49. The molecule has 16 heavy (non-hydrogen) atoms. The number of amides is 1. The molecule has 1 rings (SSSR count). The van der Waals surface area contributed by atoms with Crippen LogP contribution in [0.2, 0.25) is 0 Å². The SMILES string of the molecule is CC(C)C(C)OC(=O)Nc1cccc(Br)n1. The van der Waals surface area contributed by atoms with Gasteiger partial charge in [-0.15, -0.1) is 0 Å². The summed E-state index contributed by atoms with van der Waals surface area (Å²) in [5.74, 6) is 0.761. The summed E-state index contributed by atoms with van der Waals surface area (Å²) in [4.78, 5) is 15.5. The first kappa shape index (κ1) is 13.0. The first-order valence-corrected chi connectivity index (χ1v) is 5.88. The van der Waals surface area contributed by atoms with Gasteiger partial charge < -0.3 is 4.74 Å². The van der Waals surface area contributed by atoms with Crippen LogP contribution in [0.15, 0.2) is 22.8 Å². The molecule has 0 saturated carbocycles. The molecular weight excluding hydrogens is 272 g/mol. The molecule has 1 atom stereocenters. The van der Waals surface area contributed by atoms with Crippen LogP contribution >= 0.6 is 15.9 Å². The van der Waals surface area contributed by atoms with Crippen LogP contribution in [0, 0.1) is 5.92 Å². The Bertz CT molecular complexity index is 369. The Kier molecular flexibility index (Phi) is 4.73. The molecule has 0 saturated heterocycles. The summed E-state index contributed by atoms with van der Waals surface area (Å²) in [5, 5.41) is 2.57. The largest absolute Gasteiger partial charge is 0.446 e. The van der Waals surface area contributed by atoms with Crippen molar-refractivity contribution in [3.63, 3.8) is 0 Å². The Labute approximate surface area is 104 Å². The predicted octanol–water partition coefficient (Wildman–Crippen LogP) is 3.44. The minimum absolute atomic E-state index is 0.118. The van der Waals surface area contributed by atoms with Gasteiger partial charge in [-0.2, -0.15) is 0 Å². The van der Waals surface area contributed by atoms with E-state index in [1.54, 1.807) is 18.2 Å². The van der Waals surface area contributed by atoms with Crippen molar-refractivity contribution in [3.05, 3.63) is 22.8 Å². The average molecular weight is 287 g/mol. The third-order valence-electron chi connectivity index (χ3n) is 2.18. The van der Waals surface area contributed by atoms with Gasteiger partial charge in [0, 0.05) is 0 Å². The fourth-order valence-corrected chi connectivity index (χ4v) is 1.26. The average Bonchev–Trinajstić information content (AvgIpc) is 2.16. The Morgan fingerprint density at radius 1 is 1.44 bits per heavy atom. The quantitative estimate of drug-likeness (QED) is 0.866. The van der Waals surface area contributed by atoms with Crippen LogP contribution < -0.4 is 5.32 Å². The molecule has 0 aliphatic heterocycles. The second kappa shape index (κ2) is 5.84. The van der Waals surface area contributed by atoms with E-state index in [1.165, 1.54) is 0 Å². The normalized spacial score (nSPS) is 12.3. The molecule has 5 heteroatoms. The number of hydrogen-bond donors (Lipinski definition) is 1. The van der Waals surface area contributed by atoms with E-state index in [2.05, 4.69) is 26.2 Å². The van der Waals surface area contributed by atoms with Crippen molar-refractivity contribution in [2.75, 3.05) is 5.32 Å². The number of rotatable bonds is 3. The Morgan fingerprint density at radius 3 is 2.69 bits per heavy atom. The van der Waals surface area contributed by atoms with Gasteiger partial charge in [-0.05, 0) is 40.9 Å². The molecule has 0 bridgehead atoms. The molecule has 0 radical (unpaired) electrons. The lowest BCUT2D eigenvalue weighted by molar-refractivity contribution is 0.0940. The number of anilines is 1. The molecule has 1 unspecified atom stereocenters. The highest BCUT2D eigenvalue weighted by atomic mass is 79.9. The van der Waals surface area contributed by atoms with Gasteiger partial charge in [0.1, 0.15) is 16.5 Å². The number of ether oxygens (including phenoxy) is 1. The molecule has 1 aromatic rings. The molecule has 0 aliphatic carbocycles. The molecule has 1 heterocycles. The van der Waals surface area contributed by atoms with Gasteiger partial charge in [-0.25, -0.2) is 9.78 Å². The maximum atomic E-state index is 11.4. The fourth-order valence-electron chi connectivity index (χ4n) is 0.917. The van der Waals surface area contributed by atoms with E-state index < -0.39 is 6.09 Å². The predicted molar refractivity (Wildman–Crippen MR) is 66.3 cm³/mol. The first-order valence-electron chi connectivity index (χ1n) is 5.09. The summed E-state index contributed by atoms with van der Waals surface area (Å²) in [5.41, 5.74) is 0. The molecule has 0 aromatic carbocycles. The van der Waals surface area contributed by atoms with E-state index >= 15 is 0 Å². The van der Waals surface area contributed by atoms with Crippen molar-refractivity contribution in [3.8, 4) is 0 Å². The number of aromatic nitrogens is 1. The smallest absolute Gasteiger partial charge is 0.413 e. The summed E-state index contributed by atoms with van der Waals surface area (Å²) in [6.45, 7) is 5.85. The molecular formula is C11H15BrN2O2. The number of carbonyl (C=O) groups excluding carboxylic acids is 1. The van der Waals surface area contributed by atoms with E-state index in [1.807, 2.05) is 20.8 Å². The highest BCUT2D eigenvalue weighted by Crippen LogP contribution is 2.11. The third-order valence-corrected chi connectivity index (χ3v) is 2.62. The van der Waals surface area contributed by atoms with Crippen LogP contribution in [0.4, 0.5) is 10.6 Å². The molecule has 1 amide bonds. The number of pyridine rings is 1. The zero-order chi connectivity index (χ0) is 12.1. The molecule has 1 aromatic heterocycles. The van der Waals surface area contributed by atoms with E-state index in [0.717, 1.165) is 0 Å². The number of carbonyl (C=O) groups is 1. The summed E-state index contributed by atoms with van der Waals surface area (Å²) < 4.78 is 5.82. The molecule has 4 nitrogen and oxygen atoms in total. The van der Waals surface area contributed by atoms with Crippen molar-refractivity contribution in [2.24, 2.45) is 5.92 Å². The molecule has 0 spiro atoms. The molecule has 88 valence electrons. The lowest BCUT2D eigenvalue weighted by Crippen LogP contribution is -2.24. The second-order valence-corrected chi connectivity index (χ2v) is 4.64. The van der Waals surface area contributed by atoms with Gasteiger partial charge in [-0.1, -0.05) is 19.9 Å². The van der Waals surface area contributed by atoms with Crippen LogP contribution in [0.1, 0.15) is 20.8 Å². The van der Waals surface area contributed by atoms with Gasteiger partial charge in [0.25, 0.3) is 0 Å². The van der Waals surface area contributed by atoms with Crippen molar-refractivity contribution in [1.29, 1.82) is 0 Å². The van der Waals surface area contributed by atoms with Crippen LogP contribution in [0.3, 0.4) is 0 Å². The summed E-state index contributed by atoms with van der Waals surface area (Å²) in [7, 11) is 0. The Balaban J connectivity index is 2.52. The second-order valence-electron chi connectivity index (χ2n) is 3.82. The van der Waals surface area contributed by atoms with Gasteiger partial charge >= 0.3 is 6.09 Å². The van der Waals surface area contributed by atoms with Crippen LogP contribution in [0.25, 0.3) is 0 Å². The highest BCUT2D eigenvalue weighted by molar-refractivity contribution is 9.10. The summed E-state index contributed by atoms with van der Waals surface area (Å²) in [6, 6.07) is 5.28. The zero-order valence-corrected chi connectivity index (χ0v) is 11.1. The third kappa shape index (κ3) is 4.18. The Hall–Kier alpha value is -1.10. The van der Waals surface area contributed by atoms with Crippen molar-refractivity contribution in [2.45, 2.75) is 26.9 Å². The standard InChI is InChI=1S/C11H15BrN2O2/c1-7(2)8(3)16-11(15)14-10-6-4-5-9(12)13-10/h4-8H,1-3H3,(H,13,14,15). The van der Waals surface area contributed by atoms with Crippen LogP contribution in [0.5, 0.6) is 0 Å². The monoisotopic (exact) mass is 286 g/mol. The van der Waals surface area contributed by atoms with Crippen molar-refractivity contribution in [1.82, 2.24) is 4.98 Å². The number of nitrogens with zero attached hydrogens (tertiary/aromatic N) is 1.